The Morgan fingerprint density at radius 3 is 1.68 bits per heavy atom. The van der Waals surface area contributed by atoms with E-state index in [9.17, 15) is 24.0 Å². The van der Waals surface area contributed by atoms with Gasteiger partial charge in [0.05, 0.1) is 0 Å². The standard InChI is InChI=1S/C11H14N6O5/c12-9(21)17(10(13)22)5-3-1-2-4-11(14-6-18,15-7-19)16-8-20/h1-5H2,(H2,12,21)(H2,13,22). The zero-order valence-corrected chi connectivity index (χ0v) is 11.5. The average molecular weight is 310 g/mol. The van der Waals surface area contributed by atoms with Gasteiger partial charge in [0.15, 0.2) is 0 Å². The number of imide groups is 1. The summed E-state index contributed by atoms with van der Waals surface area (Å²) in [7, 11) is 0. The van der Waals surface area contributed by atoms with Gasteiger partial charge in [0.1, 0.15) is 0 Å². The third kappa shape index (κ3) is 6.36. The lowest BCUT2D eigenvalue weighted by atomic mass is 10.1. The highest BCUT2D eigenvalue weighted by molar-refractivity contribution is 5.91. The molecule has 22 heavy (non-hydrogen) atoms. The molecule has 0 aliphatic heterocycles. The highest BCUT2D eigenvalue weighted by Crippen LogP contribution is 2.22. The first-order valence-electron chi connectivity index (χ1n) is 6.06. The molecule has 0 unspecified atom stereocenters. The Balaban J connectivity index is 4.56. The molecule has 4 N–H and O–H groups in total. The number of carbonyl (C=O) groups is 2. The maximum Gasteiger partial charge on any atom is 0.322 e. The van der Waals surface area contributed by atoms with Gasteiger partial charge in [-0.25, -0.2) is 28.9 Å². The number of isocyanates is 3. The lowest BCUT2D eigenvalue weighted by Gasteiger charge is -2.17. The minimum atomic E-state index is -1.92. The summed E-state index contributed by atoms with van der Waals surface area (Å²) in [5.41, 5.74) is 9.90. The Hall–Kier alpha value is -3.12. The number of nitrogens with two attached hydrogens (primary N) is 2. The molecule has 0 bridgehead atoms. The van der Waals surface area contributed by atoms with Crippen LogP contribution in [0.2, 0.25) is 0 Å². The predicted molar refractivity (Wildman–Crippen MR) is 71.4 cm³/mol. The highest BCUT2D eigenvalue weighted by Gasteiger charge is 2.28. The van der Waals surface area contributed by atoms with Gasteiger partial charge in [0, 0.05) is 13.0 Å². The number of nitrogens with zero attached hydrogens (tertiary/aromatic N) is 4. The third-order valence-corrected chi connectivity index (χ3v) is 2.60. The molecular weight excluding hydrogens is 296 g/mol. The van der Waals surface area contributed by atoms with Crippen molar-refractivity contribution in [2.45, 2.75) is 31.5 Å². The molecule has 0 rings (SSSR count). The summed E-state index contributed by atoms with van der Waals surface area (Å²) in [6.07, 6.45) is 4.53. The molecule has 0 radical (unpaired) electrons. The minimum absolute atomic E-state index is 0.00249. The molecule has 0 spiro atoms. The average Bonchev–Trinajstić information content (AvgIpc) is 2.42. The van der Waals surface area contributed by atoms with Crippen LogP contribution in [0.3, 0.4) is 0 Å². The van der Waals surface area contributed by atoms with Crippen molar-refractivity contribution in [1.82, 2.24) is 4.90 Å². The zero-order chi connectivity index (χ0) is 17.0. The lowest BCUT2D eigenvalue weighted by molar-refractivity contribution is 0.196. The van der Waals surface area contributed by atoms with E-state index in [0.29, 0.717) is 24.2 Å². The number of hydrogen-bond donors (Lipinski definition) is 2. The molecule has 4 amide bonds. The summed E-state index contributed by atoms with van der Waals surface area (Å²) in [6.45, 7) is 0.00249. The van der Waals surface area contributed by atoms with Crippen LogP contribution in [0.25, 0.3) is 0 Å². The van der Waals surface area contributed by atoms with Crippen LogP contribution < -0.4 is 11.5 Å². The van der Waals surface area contributed by atoms with Crippen molar-refractivity contribution >= 4 is 30.3 Å². The quantitative estimate of drug-likeness (QED) is 0.335. The molecule has 118 valence electrons. The fourth-order valence-corrected chi connectivity index (χ4v) is 1.60. The van der Waals surface area contributed by atoms with E-state index in [1.54, 1.807) is 0 Å². The fraction of sp³-hybridized carbons (Fsp3) is 0.545. The molecule has 0 aliphatic carbocycles. The van der Waals surface area contributed by atoms with Gasteiger partial charge in [0.25, 0.3) is 5.79 Å². The molecule has 0 aromatic heterocycles. The number of hydrogen-bond acceptors (Lipinski definition) is 8. The second kappa shape index (κ2) is 9.73. The van der Waals surface area contributed by atoms with Crippen molar-refractivity contribution < 1.29 is 24.0 Å². The highest BCUT2D eigenvalue weighted by atomic mass is 16.2. The van der Waals surface area contributed by atoms with Crippen molar-refractivity contribution in [2.24, 2.45) is 26.4 Å². The van der Waals surface area contributed by atoms with Crippen molar-refractivity contribution in [2.75, 3.05) is 6.54 Å². The normalized spacial score (nSPS) is 11.8. The number of urea groups is 2. The van der Waals surface area contributed by atoms with Crippen molar-refractivity contribution in [3.8, 4) is 0 Å². The minimum Gasteiger partial charge on any atom is -0.351 e. The van der Waals surface area contributed by atoms with E-state index >= 15 is 0 Å². The maximum atomic E-state index is 10.9. The smallest absolute Gasteiger partial charge is 0.322 e. The van der Waals surface area contributed by atoms with Crippen LogP contribution in [0.4, 0.5) is 9.59 Å². The van der Waals surface area contributed by atoms with Gasteiger partial charge < -0.3 is 11.5 Å². The molecule has 0 atom stereocenters. The van der Waals surface area contributed by atoms with Gasteiger partial charge in [-0.15, -0.1) is 0 Å². The second-order valence-corrected chi connectivity index (χ2v) is 4.02. The van der Waals surface area contributed by atoms with Crippen LogP contribution in [0.15, 0.2) is 15.0 Å². The summed E-state index contributed by atoms with van der Waals surface area (Å²) < 4.78 is 0. The summed E-state index contributed by atoms with van der Waals surface area (Å²) in [5, 5.41) is 0. The SMILES string of the molecule is NC(=O)N(CCCCCC(N=C=O)(N=C=O)N=C=O)C(N)=O. The number of carbonyl (C=O) groups excluding carboxylic acids is 5. The monoisotopic (exact) mass is 310 g/mol. The van der Waals surface area contributed by atoms with E-state index in [1.165, 1.54) is 18.2 Å². The molecule has 0 aliphatic rings. The van der Waals surface area contributed by atoms with Crippen LogP contribution in [0, 0.1) is 0 Å². The van der Waals surface area contributed by atoms with Crippen molar-refractivity contribution in [1.29, 1.82) is 0 Å². The third-order valence-electron chi connectivity index (χ3n) is 2.60. The second-order valence-electron chi connectivity index (χ2n) is 4.02. The predicted octanol–water partition coefficient (Wildman–Crippen LogP) is -0.333. The molecule has 11 heteroatoms. The summed E-state index contributed by atoms with van der Waals surface area (Å²) >= 11 is 0. The Morgan fingerprint density at radius 2 is 1.32 bits per heavy atom. The first kappa shape index (κ1) is 18.9. The maximum absolute atomic E-state index is 10.9. The molecule has 0 aromatic rings. The number of unbranched alkanes of at least 4 members (excludes halogenated alkanes) is 2. The molecule has 11 nitrogen and oxygen atoms in total. The van der Waals surface area contributed by atoms with Gasteiger partial charge in [0.2, 0.25) is 18.2 Å². The lowest BCUT2D eigenvalue weighted by Crippen LogP contribution is -2.44. The van der Waals surface area contributed by atoms with Gasteiger partial charge in [-0.3, -0.25) is 0 Å². The first-order valence-corrected chi connectivity index (χ1v) is 6.06. The van der Waals surface area contributed by atoms with Gasteiger partial charge in [-0.1, -0.05) is 6.42 Å². The van der Waals surface area contributed by atoms with Crippen molar-refractivity contribution in [3.63, 3.8) is 0 Å². The largest absolute Gasteiger partial charge is 0.351 e. The van der Waals surface area contributed by atoms with E-state index in [4.69, 9.17) is 11.5 Å². The summed E-state index contributed by atoms with van der Waals surface area (Å²) in [4.78, 5) is 63.0. The van der Waals surface area contributed by atoms with Crippen LogP contribution in [0.1, 0.15) is 25.7 Å². The van der Waals surface area contributed by atoms with Crippen LogP contribution in [-0.4, -0.2) is 47.5 Å². The molecule has 0 saturated carbocycles. The molecule has 0 fully saturated rings. The Kier molecular flexibility index (Phi) is 8.35. The molecule has 0 aromatic carbocycles. The topological polar surface area (TPSA) is 178 Å². The van der Waals surface area contributed by atoms with Crippen LogP contribution in [-0.2, 0) is 14.4 Å². The number of rotatable bonds is 9. The van der Waals surface area contributed by atoms with Crippen molar-refractivity contribution in [3.05, 3.63) is 0 Å². The summed E-state index contributed by atoms with van der Waals surface area (Å²) in [6, 6.07) is -1.94. The molecule has 0 saturated heterocycles. The number of primary amides is 2. The van der Waals surface area contributed by atoms with Gasteiger partial charge in [-0.05, 0) is 12.8 Å². The van der Waals surface area contributed by atoms with E-state index in [-0.39, 0.29) is 13.0 Å². The first-order chi connectivity index (χ1) is 10.4. The zero-order valence-electron chi connectivity index (χ0n) is 11.5. The number of aliphatic imine (C=N–C) groups is 3. The van der Waals surface area contributed by atoms with E-state index < -0.39 is 17.8 Å². The Bertz CT molecular complexity index is 498. The number of amides is 4. The molecule has 0 heterocycles. The summed E-state index contributed by atoms with van der Waals surface area (Å²) in [5.74, 6) is -1.92. The Labute approximate surface area is 124 Å². The van der Waals surface area contributed by atoms with Crippen LogP contribution in [0.5, 0.6) is 0 Å². The van der Waals surface area contributed by atoms with Gasteiger partial charge in [-0.2, -0.15) is 15.0 Å². The van der Waals surface area contributed by atoms with E-state index in [0.717, 1.165) is 0 Å². The Morgan fingerprint density at radius 1 is 0.864 bits per heavy atom. The molecular formula is C11H14N6O5. The van der Waals surface area contributed by atoms with E-state index in [1.807, 2.05) is 0 Å². The van der Waals surface area contributed by atoms with E-state index in [2.05, 4.69) is 15.0 Å². The fourth-order valence-electron chi connectivity index (χ4n) is 1.60. The van der Waals surface area contributed by atoms with Gasteiger partial charge >= 0.3 is 12.1 Å². The van der Waals surface area contributed by atoms with Crippen LogP contribution >= 0.6 is 0 Å².